The first-order chi connectivity index (χ1) is 6.83. The van der Waals surface area contributed by atoms with E-state index in [0.29, 0.717) is 5.22 Å². The molecule has 0 bridgehead atoms. The maximum absolute atomic E-state index is 5.87. The minimum absolute atomic E-state index is 0.0961. The first-order valence-electron chi connectivity index (χ1n) is 4.05. The van der Waals surface area contributed by atoms with Gasteiger partial charge >= 0.3 is 0 Å². The van der Waals surface area contributed by atoms with E-state index in [4.69, 9.17) is 21.9 Å². The third-order valence-corrected chi connectivity index (χ3v) is 3.20. The number of hydrogen-bond donors (Lipinski definition) is 2. The Hall–Kier alpha value is -0.810. The molecule has 0 aromatic carbocycles. The molecule has 2 heterocycles. The third-order valence-electron chi connectivity index (χ3n) is 1.95. The summed E-state index contributed by atoms with van der Waals surface area (Å²) in [7, 11) is 0. The molecular formula is C9H9ClN2OS. The molecule has 2 aromatic rings. The van der Waals surface area contributed by atoms with Crippen molar-refractivity contribution >= 4 is 22.9 Å². The fourth-order valence-electron chi connectivity index (χ4n) is 1.29. The van der Waals surface area contributed by atoms with Crippen molar-refractivity contribution in [2.24, 2.45) is 5.84 Å². The van der Waals surface area contributed by atoms with Gasteiger partial charge in [0.1, 0.15) is 0 Å². The van der Waals surface area contributed by atoms with E-state index in [0.717, 1.165) is 10.4 Å². The zero-order valence-corrected chi connectivity index (χ0v) is 8.81. The van der Waals surface area contributed by atoms with Crippen LogP contribution in [0.1, 0.15) is 16.5 Å². The Morgan fingerprint density at radius 3 is 2.86 bits per heavy atom. The highest BCUT2D eigenvalue weighted by Gasteiger charge is 2.18. The molecule has 0 saturated heterocycles. The lowest BCUT2D eigenvalue weighted by Gasteiger charge is -2.12. The second kappa shape index (κ2) is 4.14. The summed E-state index contributed by atoms with van der Waals surface area (Å²) in [5, 5.41) is 2.37. The Labute approximate surface area is 90.5 Å². The van der Waals surface area contributed by atoms with Gasteiger partial charge in [0.25, 0.3) is 0 Å². The molecule has 5 heteroatoms. The van der Waals surface area contributed by atoms with E-state index in [2.05, 4.69) is 5.43 Å². The molecule has 14 heavy (non-hydrogen) atoms. The van der Waals surface area contributed by atoms with Crippen molar-refractivity contribution in [2.45, 2.75) is 6.04 Å². The highest BCUT2D eigenvalue weighted by molar-refractivity contribution is 7.10. The maximum atomic E-state index is 5.87. The van der Waals surface area contributed by atoms with Crippen LogP contribution in [-0.4, -0.2) is 0 Å². The molecule has 3 N–H and O–H groups in total. The van der Waals surface area contributed by atoms with Crippen molar-refractivity contribution in [1.29, 1.82) is 0 Å². The van der Waals surface area contributed by atoms with Gasteiger partial charge in [0.05, 0.1) is 12.3 Å². The number of nitrogens with one attached hydrogen (secondary N) is 1. The first-order valence-corrected chi connectivity index (χ1v) is 5.31. The molecule has 0 aliphatic carbocycles. The fourth-order valence-corrected chi connectivity index (χ4v) is 2.32. The van der Waals surface area contributed by atoms with Crippen LogP contribution in [0, 0.1) is 0 Å². The van der Waals surface area contributed by atoms with Gasteiger partial charge in [0.2, 0.25) is 0 Å². The Morgan fingerprint density at radius 1 is 1.50 bits per heavy atom. The first kappa shape index (κ1) is 9.73. The van der Waals surface area contributed by atoms with E-state index < -0.39 is 0 Å². The summed E-state index contributed by atoms with van der Waals surface area (Å²) in [6, 6.07) is 5.69. The van der Waals surface area contributed by atoms with Gasteiger partial charge in [0, 0.05) is 10.4 Å². The molecule has 3 nitrogen and oxygen atoms in total. The molecule has 74 valence electrons. The van der Waals surface area contributed by atoms with Crippen molar-refractivity contribution in [1.82, 2.24) is 5.43 Å². The number of hydrazine groups is 1. The van der Waals surface area contributed by atoms with E-state index in [1.165, 1.54) is 0 Å². The zero-order valence-electron chi connectivity index (χ0n) is 7.24. The molecule has 2 rings (SSSR count). The summed E-state index contributed by atoms with van der Waals surface area (Å²) < 4.78 is 5.02. The largest absolute Gasteiger partial charge is 0.453 e. The number of rotatable bonds is 3. The SMILES string of the molecule is NNC(c1cccs1)c1ccoc1Cl. The van der Waals surface area contributed by atoms with Crippen molar-refractivity contribution in [3.63, 3.8) is 0 Å². The molecule has 0 fully saturated rings. The standard InChI is InChI=1S/C9H9ClN2OS/c10-9-6(3-4-13-9)8(12-11)7-2-1-5-14-7/h1-5,8,12H,11H2. The highest BCUT2D eigenvalue weighted by Crippen LogP contribution is 2.30. The van der Waals surface area contributed by atoms with Crippen LogP contribution < -0.4 is 11.3 Å². The predicted molar refractivity (Wildman–Crippen MR) is 57.2 cm³/mol. The number of hydrogen-bond acceptors (Lipinski definition) is 4. The summed E-state index contributed by atoms with van der Waals surface area (Å²) in [6.45, 7) is 0. The molecule has 0 amide bonds. The summed E-state index contributed by atoms with van der Waals surface area (Å²) >= 11 is 7.49. The van der Waals surface area contributed by atoms with Crippen LogP contribution in [-0.2, 0) is 0 Å². The molecular weight excluding hydrogens is 220 g/mol. The van der Waals surface area contributed by atoms with Crippen LogP contribution in [0.3, 0.4) is 0 Å². The molecule has 0 aliphatic heterocycles. The smallest absolute Gasteiger partial charge is 0.198 e. The van der Waals surface area contributed by atoms with E-state index in [1.54, 1.807) is 17.6 Å². The van der Waals surface area contributed by atoms with Gasteiger partial charge in [-0.25, -0.2) is 5.43 Å². The van der Waals surface area contributed by atoms with Crippen LogP contribution in [0.2, 0.25) is 5.22 Å². The summed E-state index contributed by atoms with van der Waals surface area (Å²) in [4.78, 5) is 1.11. The monoisotopic (exact) mass is 228 g/mol. The number of nitrogens with two attached hydrogens (primary N) is 1. The molecule has 0 aliphatic rings. The second-order valence-electron chi connectivity index (χ2n) is 2.76. The van der Waals surface area contributed by atoms with Crippen LogP contribution in [0.4, 0.5) is 0 Å². The van der Waals surface area contributed by atoms with Gasteiger partial charge in [-0.05, 0) is 29.1 Å². The van der Waals surface area contributed by atoms with Crippen molar-refractivity contribution in [3.8, 4) is 0 Å². The van der Waals surface area contributed by atoms with Gasteiger partial charge in [-0.1, -0.05) is 6.07 Å². The lowest BCUT2D eigenvalue weighted by molar-refractivity contribution is 0.556. The van der Waals surface area contributed by atoms with Crippen LogP contribution in [0.5, 0.6) is 0 Å². The van der Waals surface area contributed by atoms with Crippen LogP contribution >= 0.6 is 22.9 Å². The van der Waals surface area contributed by atoms with Crippen molar-refractivity contribution in [2.75, 3.05) is 0 Å². The zero-order chi connectivity index (χ0) is 9.97. The van der Waals surface area contributed by atoms with E-state index in [-0.39, 0.29) is 6.04 Å². The van der Waals surface area contributed by atoms with Gasteiger partial charge in [0.15, 0.2) is 5.22 Å². The fraction of sp³-hybridized carbons (Fsp3) is 0.111. The molecule has 0 spiro atoms. The third kappa shape index (κ3) is 1.69. The number of thiophene rings is 1. The Morgan fingerprint density at radius 2 is 2.36 bits per heavy atom. The molecule has 0 radical (unpaired) electrons. The Balaban J connectivity index is 2.36. The van der Waals surface area contributed by atoms with Gasteiger partial charge in [-0.3, -0.25) is 5.84 Å². The summed E-state index contributed by atoms with van der Waals surface area (Å²) in [6.07, 6.45) is 1.55. The Bertz CT molecular complexity index is 399. The van der Waals surface area contributed by atoms with Crippen molar-refractivity contribution in [3.05, 3.63) is 45.5 Å². The minimum atomic E-state index is -0.0961. The highest BCUT2D eigenvalue weighted by atomic mass is 35.5. The number of furan rings is 1. The maximum Gasteiger partial charge on any atom is 0.198 e. The topological polar surface area (TPSA) is 51.2 Å². The van der Waals surface area contributed by atoms with Crippen LogP contribution in [0.25, 0.3) is 0 Å². The second-order valence-corrected chi connectivity index (χ2v) is 4.09. The summed E-state index contributed by atoms with van der Waals surface area (Å²) in [5.74, 6) is 5.48. The predicted octanol–water partition coefficient (Wildman–Crippen LogP) is 2.55. The lowest BCUT2D eigenvalue weighted by Crippen LogP contribution is -2.28. The van der Waals surface area contributed by atoms with E-state index >= 15 is 0 Å². The summed E-state index contributed by atoms with van der Waals surface area (Å²) in [5.41, 5.74) is 3.57. The van der Waals surface area contributed by atoms with E-state index in [1.807, 2.05) is 23.6 Å². The van der Waals surface area contributed by atoms with Gasteiger partial charge in [-0.15, -0.1) is 11.3 Å². The quantitative estimate of drug-likeness (QED) is 0.627. The molecule has 1 unspecified atom stereocenters. The van der Waals surface area contributed by atoms with Gasteiger partial charge in [-0.2, -0.15) is 0 Å². The molecule has 1 atom stereocenters. The number of halogens is 1. The van der Waals surface area contributed by atoms with E-state index in [9.17, 15) is 0 Å². The lowest BCUT2D eigenvalue weighted by atomic mass is 10.1. The average molecular weight is 229 g/mol. The molecule has 2 aromatic heterocycles. The normalized spacial score (nSPS) is 13.0. The minimum Gasteiger partial charge on any atom is -0.453 e. The average Bonchev–Trinajstić information content (AvgIpc) is 2.80. The Kier molecular flexibility index (Phi) is 2.88. The van der Waals surface area contributed by atoms with Crippen LogP contribution in [0.15, 0.2) is 34.3 Å². The molecule has 0 saturated carbocycles. The van der Waals surface area contributed by atoms with Crippen molar-refractivity contribution < 1.29 is 4.42 Å². The van der Waals surface area contributed by atoms with Gasteiger partial charge < -0.3 is 4.42 Å².